The van der Waals surface area contributed by atoms with Crippen LogP contribution in [0, 0.1) is 25.2 Å². The molecule has 0 amide bonds. The number of ether oxygens (including phenoxy) is 2. The fraction of sp³-hybridized carbons (Fsp3) is 0.294. The molecular formula is C17H18N2O3. The summed E-state index contributed by atoms with van der Waals surface area (Å²) in [6, 6.07) is 8.74. The van der Waals surface area contributed by atoms with E-state index in [2.05, 4.69) is 4.98 Å². The third-order valence-electron chi connectivity index (χ3n) is 3.18. The van der Waals surface area contributed by atoms with Crippen molar-refractivity contribution >= 4 is 5.78 Å². The largest absolute Gasteiger partial charge is 0.490 e. The van der Waals surface area contributed by atoms with Crippen LogP contribution < -0.4 is 9.47 Å². The molecule has 22 heavy (non-hydrogen) atoms. The Hall–Kier alpha value is -2.74. The minimum Gasteiger partial charge on any atom is -0.490 e. The normalized spacial score (nSPS) is 10.1. The van der Waals surface area contributed by atoms with E-state index in [9.17, 15) is 4.79 Å². The topological polar surface area (TPSA) is 75.1 Å². The predicted molar refractivity (Wildman–Crippen MR) is 82.4 cm³/mol. The van der Waals surface area contributed by atoms with Crippen molar-refractivity contribution in [1.29, 1.82) is 5.26 Å². The van der Waals surface area contributed by atoms with Gasteiger partial charge in [0.15, 0.2) is 18.1 Å². The zero-order valence-electron chi connectivity index (χ0n) is 12.9. The van der Waals surface area contributed by atoms with Gasteiger partial charge in [0, 0.05) is 23.0 Å². The molecule has 5 nitrogen and oxygen atoms in total. The van der Waals surface area contributed by atoms with Gasteiger partial charge in [0.2, 0.25) is 5.78 Å². The highest BCUT2D eigenvalue weighted by molar-refractivity contribution is 5.98. The molecule has 0 aliphatic rings. The zero-order valence-corrected chi connectivity index (χ0v) is 12.9. The molecule has 1 aromatic heterocycles. The Bertz CT molecular complexity index is 726. The van der Waals surface area contributed by atoms with E-state index in [0.29, 0.717) is 29.2 Å². The van der Waals surface area contributed by atoms with Crippen LogP contribution in [-0.2, 0) is 0 Å². The summed E-state index contributed by atoms with van der Waals surface area (Å²) in [6.45, 7) is 5.98. The highest BCUT2D eigenvalue weighted by atomic mass is 16.5. The third-order valence-corrected chi connectivity index (χ3v) is 3.18. The number of nitrogens with one attached hydrogen (secondary N) is 1. The van der Waals surface area contributed by atoms with Crippen LogP contribution in [0.2, 0.25) is 0 Å². The number of carbonyl (C=O) groups is 1. The van der Waals surface area contributed by atoms with Gasteiger partial charge in [-0.25, -0.2) is 0 Å². The Kier molecular flexibility index (Phi) is 4.84. The Morgan fingerprint density at radius 3 is 2.59 bits per heavy atom. The number of Topliss-reactive ketones (excluding diaryl/α,β-unsaturated/α-hetero) is 1. The van der Waals surface area contributed by atoms with Gasteiger partial charge >= 0.3 is 0 Å². The molecular weight excluding hydrogens is 280 g/mol. The Morgan fingerprint density at radius 1 is 1.23 bits per heavy atom. The Morgan fingerprint density at radius 2 is 2.00 bits per heavy atom. The van der Waals surface area contributed by atoms with E-state index in [1.165, 1.54) is 0 Å². The second-order valence-corrected chi connectivity index (χ2v) is 4.91. The van der Waals surface area contributed by atoms with Crippen LogP contribution in [0.5, 0.6) is 11.5 Å². The predicted octanol–water partition coefficient (Wildman–Crippen LogP) is 3.16. The van der Waals surface area contributed by atoms with E-state index in [0.717, 1.165) is 11.4 Å². The first-order chi connectivity index (χ1) is 10.5. The van der Waals surface area contributed by atoms with Crippen molar-refractivity contribution in [3.05, 3.63) is 46.8 Å². The van der Waals surface area contributed by atoms with Crippen molar-refractivity contribution < 1.29 is 14.3 Å². The molecule has 0 spiro atoms. The fourth-order valence-electron chi connectivity index (χ4n) is 2.20. The molecule has 114 valence electrons. The summed E-state index contributed by atoms with van der Waals surface area (Å²) in [6.07, 6.45) is 0. The summed E-state index contributed by atoms with van der Waals surface area (Å²) in [4.78, 5) is 15.3. The number of aryl methyl sites for hydroxylation is 2. The summed E-state index contributed by atoms with van der Waals surface area (Å²) in [5, 5.41) is 8.92. The van der Waals surface area contributed by atoms with Gasteiger partial charge < -0.3 is 14.5 Å². The maximum absolute atomic E-state index is 12.2. The standard InChI is InChI=1S/C17H18N2O3/c1-4-21-17-8-13(9-18)5-6-16(17)22-10-15(20)14-7-11(2)19-12(14)3/h5-8,19H,4,10H2,1-3H3. The lowest BCUT2D eigenvalue weighted by atomic mass is 10.1. The fourth-order valence-corrected chi connectivity index (χ4v) is 2.20. The lowest BCUT2D eigenvalue weighted by Gasteiger charge is -2.11. The lowest BCUT2D eigenvalue weighted by Crippen LogP contribution is -2.12. The van der Waals surface area contributed by atoms with Crippen LogP contribution in [0.3, 0.4) is 0 Å². The minimum absolute atomic E-state index is 0.0793. The smallest absolute Gasteiger partial charge is 0.202 e. The van der Waals surface area contributed by atoms with Crippen LogP contribution >= 0.6 is 0 Å². The van der Waals surface area contributed by atoms with Gasteiger partial charge in [-0.2, -0.15) is 5.26 Å². The molecule has 1 aromatic carbocycles. The van der Waals surface area contributed by atoms with Crippen molar-refractivity contribution in [2.24, 2.45) is 0 Å². The van der Waals surface area contributed by atoms with Gasteiger partial charge in [0.1, 0.15) is 0 Å². The van der Waals surface area contributed by atoms with E-state index in [4.69, 9.17) is 14.7 Å². The van der Waals surface area contributed by atoms with Gasteiger partial charge in [-0.05, 0) is 39.0 Å². The minimum atomic E-state index is -0.103. The average Bonchev–Trinajstić information content (AvgIpc) is 2.84. The first-order valence-electron chi connectivity index (χ1n) is 7.04. The van der Waals surface area contributed by atoms with Crippen LogP contribution in [0.15, 0.2) is 24.3 Å². The van der Waals surface area contributed by atoms with Crippen molar-refractivity contribution in [1.82, 2.24) is 4.98 Å². The number of ketones is 1. The SMILES string of the molecule is CCOc1cc(C#N)ccc1OCC(=O)c1cc(C)[nH]c1C. The number of hydrogen-bond acceptors (Lipinski definition) is 4. The number of nitrogens with zero attached hydrogens (tertiary/aromatic N) is 1. The molecule has 5 heteroatoms. The first-order valence-corrected chi connectivity index (χ1v) is 7.04. The number of nitriles is 1. The molecule has 0 atom stereocenters. The average molecular weight is 298 g/mol. The van der Waals surface area contributed by atoms with Crippen LogP contribution in [0.4, 0.5) is 0 Å². The third kappa shape index (κ3) is 3.47. The molecule has 0 radical (unpaired) electrons. The van der Waals surface area contributed by atoms with E-state index >= 15 is 0 Å². The molecule has 0 fully saturated rings. The number of carbonyl (C=O) groups excluding carboxylic acids is 1. The van der Waals surface area contributed by atoms with E-state index in [1.54, 1.807) is 18.2 Å². The Labute approximate surface area is 129 Å². The van der Waals surface area contributed by atoms with Gasteiger partial charge in [0.05, 0.1) is 18.2 Å². The van der Waals surface area contributed by atoms with Crippen molar-refractivity contribution in [3.8, 4) is 17.6 Å². The number of rotatable bonds is 6. The molecule has 0 saturated carbocycles. The molecule has 2 aromatic rings. The quantitative estimate of drug-likeness (QED) is 0.831. The van der Waals surface area contributed by atoms with Crippen molar-refractivity contribution in [3.63, 3.8) is 0 Å². The summed E-state index contributed by atoms with van der Waals surface area (Å²) in [7, 11) is 0. The van der Waals surface area contributed by atoms with Crippen LogP contribution in [0.25, 0.3) is 0 Å². The molecule has 0 aliphatic heterocycles. The lowest BCUT2D eigenvalue weighted by molar-refractivity contribution is 0.0918. The van der Waals surface area contributed by atoms with E-state index in [1.807, 2.05) is 32.9 Å². The highest BCUT2D eigenvalue weighted by Crippen LogP contribution is 2.28. The molecule has 1 heterocycles. The molecule has 0 saturated heterocycles. The molecule has 2 rings (SSSR count). The number of aromatic amines is 1. The monoisotopic (exact) mass is 298 g/mol. The van der Waals surface area contributed by atoms with Gasteiger partial charge in [-0.1, -0.05) is 0 Å². The van der Waals surface area contributed by atoms with Crippen LogP contribution in [-0.4, -0.2) is 24.0 Å². The molecule has 0 unspecified atom stereocenters. The molecule has 0 aliphatic carbocycles. The second kappa shape index (κ2) is 6.81. The highest BCUT2D eigenvalue weighted by Gasteiger charge is 2.14. The summed E-state index contributed by atoms with van der Waals surface area (Å²) < 4.78 is 11.0. The number of hydrogen-bond donors (Lipinski definition) is 1. The molecule has 0 bridgehead atoms. The van der Waals surface area contributed by atoms with E-state index < -0.39 is 0 Å². The van der Waals surface area contributed by atoms with Gasteiger partial charge in [0.25, 0.3) is 0 Å². The summed E-state index contributed by atoms with van der Waals surface area (Å²) >= 11 is 0. The molecule has 1 N–H and O–H groups in total. The van der Waals surface area contributed by atoms with Crippen molar-refractivity contribution in [2.75, 3.05) is 13.2 Å². The second-order valence-electron chi connectivity index (χ2n) is 4.91. The number of benzene rings is 1. The van der Waals surface area contributed by atoms with Crippen LogP contribution in [0.1, 0.15) is 34.2 Å². The van der Waals surface area contributed by atoms with E-state index in [-0.39, 0.29) is 12.4 Å². The zero-order chi connectivity index (χ0) is 16.1. The number of H-pyrrole nitrogens is 1. The summed E-state index contributed by atoms with van der Waals surface area (Å²) in [5.74, 6) is 0.823. The first kappa shape index (κ1) is 15.6. The maximum atomic E-state index is 12.2. The van der Waals surface area contributed by atoms with Gasteiger partial charge in [-0.3, -0.25) is 4.79 Å². The maximum Gasteiger partial charge on any atom is 0.202 e. The summed E-state index contributed by atoms with van der Waals surface area (Å²) in [5.41, 5.74) is 2.88. The number of aromatic nitrogens is 1. The van der Waals surface area contributed by atoms with Gasteiger partial charge in [-0.15, -0.1) is 0 Å². The Balaban J connectivity index is 2.12. The van der Waals surface area contributed by atoms with Crippen molar-refractivity contribution in [2.45, 2.75) is 20.8 Å².